The number of carbonyl (C=O) groups is 3. The predicted molar refractivity (Wildman–Crippen MR) is 111 cm³/mol. The molecule has 27 heavy (non-hydrogen) atoms. The molecule has 2 amide bonds. The smallest absolute Gasteiger partial charge is 0.253 e. The molecule has 1 aromatic carbocycles. The lowest BCUT2D eigenvalue weighted by Crippen LogP contribution is -2.44. The maximum atomic E-state index is 12.7. The Hall–Kier alpha value is -1.90. The van der Waals surface area contributed by atoms with Gasteiger partial charge >= 0.3 is 0 Å². The van der Waals surface area contributed by atoms with Crippen molar-refractivity contribution in [3.8, 4) is 0 Å². The van der Waals surface area contributed by atoms with Crippen LogP contribution in [0.25, 0.3) is 0 Å². The van der Waals surface area contributed by atoms with Crippen LogP contribution in [0.4, 0.5) is 5.13 Å². The second-order valence-corrected chi connectivity index (χ2v) is 8.16. The average Bonchev–Trinajstić information content (AvgIpc) is 2.99. The van der Waals surface area contributed by atoms with Crippen molar-refractivity contribution < 1.29 is 14.4 Å². The van der Waals surface area contributed by atoms with E-state index in [4.69, 9.17) is 11.6 Å². The summed E-state index contributed by atoms with van der Waals surface area (Å²) in [6.45, 7) is 3.17. The first kappa shape index (κ1) is 21.4. The Bertz CT molecular complexity index is 854. The molecule has 1 atom stereocenters. The van der Waals surface area contributed by atoms with Crippen LogP contribution in [0.3, 0.4) is 0 Å². The molecule has 1 aromatic heterocycles. The molecule has 2 rings (SSSR count). The summed E-state index contributed by atoms with van der Waals surface area (Å²) in [5.74, 6) is -0.206. The van der Waals surface area contributed by atoms with Crippen molar-refractivity contribution in [2.45, 2.75) is 26.3 Å². The van der Waals surface area contributed by atoms with Gasteiger partial charge in [0.25, 0.3) is 5.91 Å². The van der Waals surface area contributed by atoms with Crippen LogP contribution in [-0.2, 0) is 4.79 Å². The van der Waals surface area contributed by atoms with Gasteiger partial charge in [0.2, 0.25) is 5.91 Å². The van der Waals surface area contributed by atoms with E-state index in [-0.39, 0.29) is 11.7 Å². The lowest BCUT2D eigenvalue weighted by Gasteiger charge is -2.17. The van der Waals surface area contributed by atoms with Gasteiger partial charge in [-0.1, -0.05) is 35.1 Å². The number of thioether (sulfide) groups is 1. The first-order chi connectivity index (χ1) is 12.8. The minimum absolute atomic E-state index is 0.101. The van der Waals surface area contributed by atoms with Gasteiger partial charge in [-0.05, 0) is 37.5 Å². The Kier molecular flexibility index (Phi) is 7.82. The number of anilines is 1. The fourth-order valence-electron chi connectivity index (χ4n) is 2.35. The SMILES string of the molecule is CSCC[C@@H](NC(=O)c1ccccc1Cl)C(=O)Nc1nc(C)c(C(C)=O)s1. The lowest BCUT2D eigenvalue weighted by atomic mass is 10.1. The van der Waals surface area contributed by atoms with Gasteiger partial charge in [0.1, 0.15) is 6.04 Å². The topological polar surface area (TPSA) is 88.2 Å². The molecule has 0 radical (unpaired) electrons. The molecule has 0 aliphatic carbocycles. The van der Waals surface area contributed by atoms with Crippen molar-refractivity contribution in [3.63, 3.8) is 0 Å². The van der Waals surface area contributed by atoms with E-state index < -0.39 is 11.9 Å². The second kappa shape index (κ2) is 9.87. The van der Waals surface area contributed by atoms with Crippen LogP contribution in [0.1, 0.15) is 39.1 Å². The number of Topliss-reactive ketones (excluding diaryl/α,β-unsaturated/α-hetero) is 1. The van der Waals surface area contributed by atoms with Gasteiger partial charge in [-0.25, -0.2) is 4.98 Å². The Morgan fingerprint density at radius 2 is 2.00 bits per heavy atom. The number of amides is 2. The third-order valence-corrected chi connectivity index (χ3v) is 5.84. The van der Waals surface area contributed by atoms with E-state index in [0.29, 0.717) is 38.5 Å². The van der Waals surface area contributed by atoms with E-state index in [1.165, 1.54) is 6.92 Å². The van der Waals surface area contributed by atoms with Gasteiger partial charge < -0.3 is 10.6 Å². The largest absolute Gasteiger partial charge is 0.340 e. The number of aromatic nitrogens is 1. The van der Waals surface area contributed by atoms with Gasteiger partial charge in [-0.3, -0.25) is 14.4 Å². The zero-order valence-electron chi connectivity index (χ0n) is 15.2. The molecule has 0 bridgehead atoms. The standard InChI is InChI=1S/C18H20ClN3O3S2/c1-10-15(11(2)23)27-18(20-10)22-17(25)14(8-9-26-3)21-16(24)12-6-4-5-7-13(12)19/h4-7,14H,8-9H2,1-3H3,(H,21,24)(H,20,22,25)/t14-/m1/s1. The Balaban J connectivity index is 2.13. The highest BCUT2D eigenvalue weighted by atomic mass is 35.5. The average molecular weight is 426 g/mol. The first-order valence-corrected chi connectivity index (χ1v) is 10.8. The maximum Gasteiger partial charge on any atom is 0.253 e. The third-order valence-electron chi connectivity index (χ3n) is 3.70. The van der Waals surface area contributed by atoms with Crippen molar-refractivity contribution in [3.05, 3.63) is 45.4 Å². The highest BCUT2D eigenvalue weighted by Gasteiger charge is 2.23. The van der Waals surface area contributed by atoms with E-state index >= 15 is 0 Å². The third kappa shape index (κ3) is 5.79. The summed E-state index contributed by atoms with van der Waals surface area (Å²) >= 11 is 8.76. The molecular weight excluding hydrogens is 406 g/mol. The van der Waals surface area contributed by atoms with Crippen molar-refractivity contribution in [2.24, 2.45) is 0 Å². The van der Waals surface area contributed by atoms with Gasteiger partial charge in [0, 0.05) is 6.92 Å². The normalized spacial score (nSPS) is 11.7. The van der Waals surface area contributed by atoms with Crippen molar-refractivity contribution >= 4 is 57.4 Å². The van der Waals surface area contributed by atoms with Crippen molar-refractivity contribution in [1.29, 1.82) is 0 Å². The number of hydrogen-bond acceptors (Lipinski definition) is 6. The van der Waals surface area contributed by atoms with Crippen molar-refractivity contribution in [2.75, 3.05) is 17.3 Å². The van der Waals surface area contributed by atoms with Gasteiger partial charge in [-0.2, -0.15) is 11.8 Å². The molecule has 0 fully saturated rings. The summed E-state index contributed by atoms with van der Waals surface area (Å²) in [5.41, 5.74) is 0.883. The predicted octanol–water partition coefficient (Wildman–Crippen LogP) is 3.80. The van der Waals surface area contributed by atoms with Gasteiger partial charge in [0.15, 0.2) is 10.9 Å². The van der Waals surface area contributed by atoms with E-state index in [0.717, 1.165) is 11.3 Å². The monoisotopic (exact) mass is 425 g/mol. The van der Waals surface area contributed by atoms with Crippen LogP contribution in [0.2, 0.25) is 5.02 Å². The van der Waals surface area contributed by atoms with E-state index in [2.05, 4.69) is 15.6 Å². The number of nitrogens with one attached hydrogen (secondary N) is 2. The van der Waals surface area contributed by atoms with E-state index in [9.17, 15) is 14.4 Å². The molecule has 144 valence electrons. The summed E-state index contributed by atoms with van der Waals surface area (Å²) < 4.78 is 0. The molecule has 0 aliphatic heterocycles. The zero-order chi connectivity index (χ0) is 20.0. The number of nitrogens with zero attached hydrogens (tertiary/aromatic N) is 1. The van der Waals surface area contributed by atoms with Crippen LogP contribution in [-0.4, -0.2) is 40.6 Å². The summed E-state index contributed by atoms with van der Waals surface area (Å²) in [7, 11) is 0. The number of carbonyl (C=O) groups excluding carboxylic acids is 3. The number of thiazole rings is 1. The quantitative estimate of drug-likeness (QED) is 0.628. The number of hydrogen-bond donors (Lipinski definition) is 2. The highest BCUT2D eigenvalue weighted by molar-refractivity contribution is 7.98. The van der Waals surface area contributed by atoms with E-state index in [1.54, 1.807) is 43.0 Å². The fraction of sp³-hybridized carbons (Fsp3) is 0.333. The molecule has 0 saturated carbocycles. The first-order valence-electron chi connectivity index (χ1n) is 8.17. The van der Waals surface area contributed by atoms with Crippen LogP contribution in [0.5, 0.6) is 0 Å². The molecular formula is C18H20ClN3O3S2. The second-order valence-electron chi connectivity index (χ2n) is 5.77. The number of ketones is 1. The van der Waals surface area contributed by atoms with Gasteiger partial charge in [-0.15, -0.1) is 0 Å². The van der Waals surface area contributed by atoms with Crippen molar-refractivity contribution in [1.82, 2.24) is 10.3 Å². The number of aryl methyl sites for hydroxylation is 1. The van der Waals surface area contributed by atoms with Crippen LogP contribution in [0.15, 0.2) is 24.3 Å². The number of rotatable bonds is 8. The maximum absolute atomic E-state index is 12.7. The molecule has 2 N–H and O–H groups in total. The van der Waals surface area contributed by atoms with E-state index in [1.807, 2.05) is 6.26 Å². The van der Waals surface area contributed by atoms with Gasteiger partial charge in [0.05, 0.1) is 21.2 Å². The molecule has 0 unspecified atom stereocenters. The minimum Gasteiger partial charge on any atom is -0.340 e. The summed E-state index contributed by atoms with van der Waals surface area (Å²) in [6.07, 6.45) is 2.38. The fourth-order valence-corrected chi connectivity index (χ4v) is 3.91. The van der Waals surface area contributed by atoms with Crippen LogP contribution in [0, 0.1) is 6.92 Å². The number of halogens is 1. The Morgan fingerprint density at radius 3 is 2.59 bits per heavy atom. The molecule has 9 heteroatoms. The Labute approximate surface area is 171 Å². The Morgan fingerprint density at radius 1 is 1.30 bits per heavy atom. The minimum atomic E-state index is -0.744. The summed E-state index contributed by atoms with van der Waals surface area (Å²) in [6, 6.07) is 5.92. The summed E-state index contributed by atoms with van der Waals surface area (Å²) in [4.78, 5) is 41.5. The van der Waals surface area contributed by atoms with Crippen LogP contribution >= 0.6 is 34.7 Å². The molecule has 6 nitrogen and oxygen atoms in total. The molecule has 0 saturated heterocycles. The summed E-state index contributed by atoms with van der Waals surface area (Å²) in [5, 5.41) is 6.09. The number of benzene rings is 1. The molecule has 2 aromatic rings. The molecule has 0 spiro atoms. The lowest BCUT2D eigenvalue weighted by molar-refractivity contribution is -0.118. The molecule has 1 heterocycles. The van der Waals surface area contributed by atoms with Crippen LogP contribution < -0.4 is 10.6 Å². The zero-order valence-corrected chi connectivity index (χ0v) is 17.6. The highest BCUT2D eigenvalue weighted by Crippen LogP contribution is 2.23. The molecule has 0 aliphatic rings.